The second kappa shape index (κ2) is 4.70. The fourth-order valence-corrected chi connectivity index (χ4v) is 1.71. The molecule has 1 heterocycles. The smallest absolute Gasteiger partial charge is 0.0489 e. The fourth-order valence-electron chi connectivity index (χ4n) is 1.71. The predicted molar refractivity (Wildman–Crippen MR) is 65.8 cm³/mol. The molecule has 1 aromatic carbocycles. The molecule has 4 nitrogen and oxygen atoms in total. The van der Waals surface area contributed by atoms with Gasteiger partial charge in [-0.25, -0.2) is 0 Å². The molecule has 0 atom stereocenters. The Bertz CT molecular complexity index is 448. The highest BCUT2D eigenvalue weighted by molar-refractivity contribution is 5.55. The van der Waals surface area contributed by atoms with Gasteiger partial charge in [-0.05, 0) is 42.7 Å². The zero-order valence-electron chi connectivity index (χ0n) is 9.13. The summed E-state index contributed by atoms with van der Waals surface area (Å²) in [6.45, 7) is 0.904. The van der Waals surface area contributed by atoms with Crippen LogP contribution in [0.1, 0.15) is 12.0 Å². The average molecular weight is 216 g/mol. The average Bonchev–Trinajstić information content (AvgIpc) is 2.76. The van der Waals surface area contributed by atoms with E-state index in [1.54, 1.807) is 6.20 Å². The lowest BCUT2D eigenvalue weighted by Gasteiger charge is -2.06. The Kier molecular flexibility index (Phi) is 3.10. The lowest BCUT2D eigenvalue weighted by Crippen LogP contribution is -2.02. The molecule has 4 N–H and O–H groups in total. The summed E-state index contributed by atoms with van der Waals surface area (Å²) >= 11 is 0. The van der Waals surface area contributed by atoms with Crippen LogP contribution in [0.15, 0.2) is 36.7 Å². The van der Waals surface area contributed by atoms with Crippen LogP contribution in [0.3, 0.4) is 0 Å². The Morgan fingerprint density at radius 3 is 2.88 bits per heavy atom. The minimum Gasteiger partial charge on any atom is -0.399 e. The Morgan fingerprint density at radius 1 is 1.25 bits per heavy atom. The second-order valence-electron chi connectivity index (χ2n) is 3.83. The third-order valence-corrected chi connectivity index (χ3v) is 2.56. The number of benzene rings is 1. The first-order valence-corrected chi connectivity index (χ1v) is 5.37. The molecule has 0 fully saturated rings. The van der Waals surface area contributed by atoms with E-state index in [4.69, 9.17) is 11.5 Å². The number of hydrogen-bond acceptors (Lipinski definition) is 3. The molecule has 0 unspecified atom stereocenters. The van der Waals surface area contributed by atoms with E-state index in [0.717, 1.165) is 36.3 Å². The van der Waals surface area contributed by atoms with Gasteiger partial charge in [0.2, 0.25) is 0 Å². The second-order valence-corrected chi connectivity index (χ2v) is 3.83. The zero-order valence-corrected chi connectivity index (χ0v) is 9.13. The molecule has 0 aliphatic carbocycles. The van der Waals surface area contributed by atoms with Gasteiger partial charge in [-0.2, -0.15) is 5.10 Å². The highest BCUT2D eigenvalue weighted by Gasteiger charge is 2.00. The van der Waals surface area contributed by atoms with Crippen molar-refractivity contribution in [2.75, 3.05) is 11.5 Å². The Morgan fingerprint density at radius 2 is 2.12 bits per heavy atom. The summed E-state index contributed by atoms with van der Waals surface area (Å²) in [4.78, 5) is 0. The van der Waals surface area contributed by atoms with Gasteiger partial charge in [0.05, 0.1) is 0 Å². The summed E-state index contributed by atoms with van der Waals surface area (Å²) in [6, 6.07) is 7.55. The molecular formula is C12H16N4. The molecule has 84 valence electrons. The molecule has 0 bridgehead atoms. The van der Waals surface area contributed by atoms with Gasteiger partial charge in [0.15, 0.2) is 0 Å². The van der Waals surface area contributed by atoms with Crippen molar-refractivity contribution in [2.45, 2.75) is 19.4 Å². The van der Waals surface area contributed by atoms with Gasteiger partial charge in [0.1, 0.15) is 0 Å². The Balaban J connectivity index is 1.92. The molecule has 0 spiro atoms. The first kappa shape index (κ1) is 10.5. The largest absolute Gasteiger partial charge is 0.399 e. The number of aromatic nitrogens is 2. The highest BCUT2D eigenvalue weighted by atomic mass is 15.3. The maximum atomic E-state index is 5.87. The van der Waals surface area contributed by atoms with Crippen LogP contribution in [0, 0.1) is 0 Å². The van der Waals surface area contributed by atoms with Crippen molar-refractivity contribution in [1.29, 1.82) is 0 Å². The van der Waals surface area contributed by atoms with Gasteiger partial charge in [0.25, 0.3) is 0 Å². The lowest BCUT2D eigenvalue weighted by atomic mass is 10.1. The standard InChI is InChI=1S/C12H16N4/c13-11-4-5-12(14)10(9-11)3-1-7-16-8-2-6-15-16/h2,4-6,8-9H,1,3,7,13-14H2. The van der Waals surface area contributed by atoms with Crippen molar-refractivity contribution < 1.29 is 0 Å². The topological polar surface area (TPSA) is 69.9 Å². The maximum Gasteiger partial charge on any atom is 0.0489 e. The van der Waals surface area contributed by atoms with E-state index in [1.165, 1.54) is 0 Å². The van der Waals surface area contributed by atoms with Crippen molar-refractivity contribution >= 4 is 11.4 Å². The first-order chi connectivity index (χ1) is 7.75. The van der Waals surface area contributed by atoms with E-state index in [0.29, 0.717) is 0 Å². The first-order valence-electron chi connectivity index (χ1n) is 5.37. The van der Waals surface area contributed by atoms with Crippen LogP contribution in [0.5, 0.6) is 0 Å². The molecule has 0 saturated heterocycles. The number of rotatable bonds is 4. The van der Waals surface area contributed by atoms with Crippen molar-refractivity contribution in [3.8, 4) is 0 Å². The molecule has 4 heteroatoms. The normalized spacial score (nSPS) is 10.5. The van der Waals surface area contributed by atoms with Gasteiger partial charge in [-0.3, -0.25) is 4.68 Å². The number of anilines is 2. The number of nitrogens with two attached hydrogens (primary N) is 2. The van der Waals surface area contributed by atoms with Crippen LogP contribution in [0.25, 0.3) is 0 Å². The Labute approximate surface area is 94.9 Å². The molecule has 0 amide bonds. The SMILES string of the molecule is Nc1ccc(N)c(CCCn2cccn2)c1. The predicted octanol–water partition coefficient (Wildman–Crippen LogP) is 1.68. The maximum absolute atomic E-state index is 5.87. The van der Waals surface area contributed by atoms with Crippen LogP contribution in [0.4, 0.5) is 11.4 Å². The van der Waals surface area contributed by atoms with E-state index in [9.17, 15) is 0 Å². The molecule has 0 saturated carbocycles. The molecular weight excluding hydrogens is 200 g/mol. The van der Waals surface area contributed by atoms with Gasteiger partial charge >= 0.3 is 0 Å². The zero-order chi connectivity index (χ0) is 11.4. The van der Waals surface area contributed by atoms with E-state index < -0.39 is 0 Å². The summed E-state index contributed by atoms with van der Waals surface area (Å²) in [5, 5.41) is 4.15. The van der Waals surface area contributed by atoms with Crippen LogP contribution in [-0.2, 0) is 13.0 Å². The molecule has 0 radical (unpaired) electrons. The summed E-state index contributed by atoms with van der Waals surface area (Å²) in [7, 11) is 0. The minimum atomic E-state index is 0.767. The number of nitrogen functional groups attached to an aromatic ring is 2. The van der Waals surface area contributed by atoms with Crippen molar-refractivity contribution in [3.63, 3.8) is 0 Å². The van der Waals surface area contributed by atoms with Gasteiger partial charge in [0, 0.05) is 30.3 Å². The van der Waals surface area contributed by atoms with E-state index in [-0.39, 0.29) is 0 Å². The Hall–Kier alpha value is -1.97. The monoisotopic (exact) mass is 216 g/mol. The number of aryl methyl sites for hydroxylation is 2. The van der Waals surface area contributed by atoms with Crippen LogP contribution < -0.4 is 11.5 Å². The van der Waals surface area contributed by atoms with Crippen molar-refractivity contribution in [1.82, 2.24) is 9.78 Å². The summed E-state index contributed by atoms with van der Waals surface area (Å²) in [5.74, 6) is 0. The summed E-state index contributed by atoms with van der Waals surface area (Å²) in [6.07, 6.45) is 5.68. The fraction of sp³-hybridized carbons (Fsp3) is 0.250. The molecule has 2 rings (SSSR count). The third kappa shape index (κ3) is 2.53. The molecule has 2 aromatic rings. The van der Waals surface area contributed by atoms with E-state index >= 15 is 0 Å². The molecule has 0 aliphatic rings. The minimum absolute atomic E-state index is 0.767. The lowest BCUT2D eigenvalue weighted by molar-refractivity contribution is 0.579. The quantitative estimate of drug-likeness (QED) is 0.764. The van der Waals surface area contributed by atoms with E-state index in [2.05, 4.69) is 5.10 Å². The summed E-state index contributed by atoms with van der Waals surface area (Å²) < 4.78 is 1.92. The molecule has 16 heavy (non-hydrogen) atoms. The van der Waals surface area contributed by atoms with Crippen molar-refractivity contribution in [2.24, 2.45) is 0 Å². The van der Waals surface area contributed by atoms with Crippen molar-refractivity contribution in [3.05, 3.63) is 42.2 Å². The van der Waals surface area contributed by atoms with Crippen LogP contribution >= 0.6 is 0 Å². The van der Waals surface area contributed by atoms with Crippen LogP contribution in [0.2, 0.25) is 0 Å². The molecule has 1 aromatic heterocycles. The van der Waals surface area contributed by atoms with Crippen LogP contribution in [-0.4, -0.2) is 9.78 Å². The number of nitrogens with zero attached hydrogens (tertiary/aromatic N) is 2. The van der Waals surface area contributed by atoms with Gasteiger partial charge < -0.3 is 11.5 Å². The third-order valence-electron chi connectivity index (χ3n) is 2.56. The number of hydrogen-bond donors (Lipinski definition) is 2. The van der Waals surface area contributed by atoms with E-state index in [1.807, 2.05) is 35.1 Å². The van der Waals surface area contributed by atoms with Gasteiger partial charge in [-0.15, -0.1) is 0 Å². The molecule has 0 aliphatic heterocycles. The van der Waals surface area contributed by atoms with Gasteiger partial charge in [-0.1, -0.05) is 0 Å². The highest BCUT2D eigenvalue weighted by Crippen LogP contribution is 2.17. The summed E-state index contributed by atoms with van der Waals surface area (Å²) in [5.41, 5.74) is 14.3.